The lowest BCUT2D eigenvalue weighted by Gasteiger charge is -2.36. The summed E-state index contributed by atoms with van der Waals surface area (Å²) < 4.78 is 5.37. The van der Waals surface area contributed by atoms with Gasteiger partial charge in [0.15, 0.2) is 0 Å². The highest BCUT2D eigenvalue weighted by atomic mass is 16.6. The standard InChI is InChI=1S/C24H37N3O4/c1-15(2)19(26-23(30)31-24(5,6)7)22(29)27(18-13-14-18)20(21(28)25-16(3)4)17-11-9-8-10-12-17/h8-12,15-16,18-20H,13-14H2,1-7H3,(H,25,28)(H,26,30). The van der Waals surface area contributed by atoms with E-state index in [0.29, 0.717) is 0 Å². The molecule has 3 amide bonds. The minimum absolute atomic E-state index is 0.0303. The molecular weight excluding hydrogens is 394 g/mol. The van der Waals surface area contributed by atoms with Crippen molar-refractivity contribution >= 4 is 17.9 Å². The van der Waals surface area contributed by atoms with E-state index in [1.807, 2.05) is 58.0 Å². The van der Waals surface area contributed by atoms with Gasteiger partial charge in [0, 0.05) is 12.1 Å². The molecule has 1 aliphatic carbocycles. The molecule has 7 nitrogen and oxygen atoms in total. The molecule has 0 heterocycles. The van der Waals surface area contributed by atoms with Crippen LogP contribution in [0.1, 0.15) is 72.9 Å². The fourth-order valence-electron chi connectivity index (χ4n) is 3.42. The first-order valence-corrected chi connectivity index (χ1v) is 11.1. The van der Waals surface area contributed by atoms with Gasteiger partial charge < -0.3 is 20.3 Å². The third-order valence-corrected chi connectivity index (χ3v) is 4.87. The Hall–Kier alpha value is -2.57. The average Bonchev–Trinajstić information content (AvgIpc) is 3.46. The number of carbonyl (C=O) groups excluding carboxylic acids is 3. The van der Waals surface area contributed by atoms with Gasteiger partial charge in [-0.05, 0) is 58.9 Å². The molecule has 7 heteroatoms. The minimum Gasteiger partial charge on any atom is -0.444 e. The van der Waals surface area contributed by atoms with E-state index in [4.69, 9.17) is 4.74 Å². The van der Waals surface area contributed by atoms with Crippen molar-refractivity contribution in [1.29, 1.82) is 0 Å². The molecule has 0 saturated heterocycles. The van der Waals surface area contributed by atoms with Gasteiger partial charge in [-0.3, -0.25) is 9.59 Å². The Labute approximate surface area is 185 Å². The van der Waals surface area contributed by atoms with Gasteiger partial charge in [-0.15, -0.1) is 0 Å². The SMILES string of the molecule is CC(C)NC(=O)C(c1ccccc1)N(C(=O)C(NC(=O)OC(C)(C)C)C(C)C)C1CC1. The van der Waals surface area contributed by atoms with Gasteiger partial charge in [0.2, 0.25) is 11.8 Å². The summed E-state index contributed by atoms with van der Waals surface area (Å²) in [5.74, 6) is -0.664. The smallest absolute Gasteiger partial charge is 0.408 e. The van der Waals surface area contributed by atoms with Gasteiger partial charge in [-0.1, -0.05) is 44.2 Å². The Morgan fingerprint density at radius 3 is 2.03 bits per heavy atom. The number of hydrogen-bond acceptors (Lipinski definition) is 4. The Balaban J connectivity index is 2.37. The zero-order valence-electron chi connectivity index (χ0n) is 19.8. The number of benzene rings is 1. The summed E-state index contributed by atoms with van der Waals surface area (Å²) in [7, 11) is 0. The van der Waals surface area contributed by atoms with Crippen LogP contribution in [0, 0.1) is 5.92 Å². The Morgan fingerprint density at radius 1 is 1.00 bits per heavy atom. The maximum absolute atomic E-state index is 13.7. The molecule has 0 bridgehead atoms. The van der Waals surface area contributed by atoms with Crippen molar-refractivity contribution in [2.75, 3.05) is 0 Å². The van der Waals surface area contributed by atoms with Crippen LogP contribution in [-0.4, -0.2) is 46.5 Å². The predicted octanol–water partition coefficient (Wildman–Crippen LogP) is 3.79. The molecule has 0 aliphatic heterocycles. The normalized spacial score (nSPS) is 15.9. The second kappa shape index (κ2) is 10.2. The van der Waals surface area contributed by atoms with Crippen LogP contribution < -0.4 is 10.6 Å². The molecule has 0 radical (unpaired) electrons. The number of nitrogens with one attached hydrogen (secondary N) is 2. The summed E-state index contributed by atoms with van der Waals surface area (Å²) in [5.41, 5.74) is 0.0786. The zero-order valence-corrected chi connectivity index (χ0v) is 19.8. The number of alkyl carbamates (subject to hydrolysis) is 1. The molecule has 2 atom stereocenters. The van der Waals surface area contributed by atoms with Crippen molar-refractivity contribution in [3.05, 3.63) is 35.9 Å². The molecule has 1 aromatic rings. The summed E-state index contributed by atoms with van der Waals surface area (Å²) in [6.07, 6.45) is 1.03. The number of amides is 3. The van der Waals surface area contributed by atoms with Gasteiger partial charge in [0.05, 0.1) is 0 Å². The molecule has 0 spiro atoms. The molecule has 1 fully saturated rings. The van der Waals surface area contributed by atoms with Crippen LogP contribution in [0.5, 0.6) is 0 Å². The largest absolute Gasteiger partial charge is 0.444 e. The zero-order chi connectivity index (χ0) is 23.3. The van der Waals surface area contributed by atoms with Crippen LogP contribution in [0.3, 0.4) is 0 Å². The van der Waals surface area contributed by atoms with Gasteiger partial charge >= 0.3 is 6.09 Å². The summed E-state index contributed by atoms with van der Waals surface area (Å²) in [5, 5.41) is 5.69. The summed E-state index contributed by atoms with van der Waals surface area (Å²) in [6.45, 7) is 12.9. The van der Waals surface area contributed by atoms with Crippen molar-refractivity contribution in [2.24, 2.45) is 5.92 Å². The van der Waals surface area contributed by atoms with E-state index in [0.717, 1.165) is 18.4 Å². The molecular formula is C24H37N3O4. The monoisotopic (exact) mass is 431 g/mol. The Bertz CT molecular complexity index is 767. The molecule has 1 aromatic carbocycles. The van der Waals surface area contributed by atoms with E-state index in [1.165, 1.54) is 0 Å². The van der Waals surface area contributed by atoms with Crippen molar-refractivity contribution in [1.82, 2.24) is 15.5 Å². The van der Waals surface area contributed by atoms with Gasteiger partial charge in [0.1, 0.15) is 17.7 Å². The molecule has 2 N–H and O–H groups in total. The van der Waals surface area contributed by atoms with Gasteiger partial charge in [-0.2, -0.15) is 0 Å². The Morgan fingerprint density at radius 2 is 1.58 bits per heavy atom. The number of nitrogens with zero attached hydrogens (tertiary/aromatic N) is 1. The first-order chi connectivity index (χ1) is 14.4. The highest BCUT2D eigenvalue weighted by Gasteiger charge is 2.44. The summed E-state index contributed by atoms with van der Waals surface area (Å²) in [6, 6.07) is 7.67. The first kappa shape index (κ1) is 24.7. The maximum atomic E-state index is 13.7. The van der Waals surface area contributed by atoms with Crippen LogP contribution in [0.4, 0.5) is 4.79 Å². The van der Waals surface area contributed by atoms with Crippen LogP contribution in [0.15, 0.2) is 30.3 Å². The molecule has 2 unspecified atom stereocenters. The second-order valence-electron chi connectivity index (χ2n) is 9.82. The average molecular weight is 432 g/mol. The van der Waals surface area contributed by atoms with E-state index in [9.17, 15) is 14.4 Å². The molecule has 2 rings (SSSR count). The number of rotatable bonds is 8. The van der Waals surface area contributed by atoms with Crippen molar-refractivity contribution in [3.63, 3.8) is 0 Å². The fourth-order valence-corrected chi connectivity index (χ4v) is 3.42. The van der Waals surface area contributed by atoms with Crippen LogP contribution in [0.25, 0.3) is 0 Å². The predicted molar refractivity (Wildman–Crippen MR) is 120 cm³/mol. The van der Waals surface area contributed by atoms with E-state index >= 15 is 0 Å². The lowest BCUT2D eigenvalue weighted by molar-refractivity contribution is -0.144. The molecule has 1 aliphatic rings. The molecule has 1 saturated carbocycles. The van der Waals surface area contributed by atoms with Crippen molar-refractivity contribution in [2.45, 2.75) is 91.1 Å². The van der Waals surface area contributed by atoms with Crippen LogP contribution in [0.2, 0.25) is 0 Å². The number of ether oxygens (including phenoxy) is 1. The molecule has 0 aromatic heterocycles. The van der Waals surface area contributed by atoms with E-state index in [1.54, 1.807) is 25.7 Å². The molecule has 31 heavy (non-hydrogen) atoms. The van der Waals surface area contributed by atoms with E-state index < -0.39 is 23.8 Å². The van der Waals surface area contributed by atoms with E-state index in [-0.39, 0.29) is 29.8 Å². The third-order valence-electron chi connectivity index (χ3n) is 4.87. The lowest BCUT2D eigenvalue weighted by Crippen LogP contribution is -2.55. The van der Waals surface area contributed by atoms with E-state index in [2.05, 4.69) is 10.6 Å². The Kier molecular flexibility index (Phi) is 8.09. The van der Waals surface area contributed by atoms with Crippen LogP contribution >= 0.6 is 0 Å². The topological polar surface area (TPSA) is 87.7 Å². The number of carbonyl (C=O) groups is 3. The quantitative estimate of drug-likeness (QED) is 0.655. The van der Waals surface area contributed by atoms with Gasteiger partial charge in [-0.25, -0.2) is 4.79 Å². The highest BCUT2D eigenvalue weighted by Crippen LogP contribution is 2.36. The number of hydrogen-bond donors (Lipinski definition) is 2. The van der Waals surface area contributed by atoms with Crippen LogP contribution in [-0.2, 0) is 14.3 Å². The van der Waals surface area contributed by atoms with Crippen molar-refractivity contribution < 1.29 is 19.1 Å². The lowest BCUT2D eigenvalue weighted by atomic mass is 9.98. The molecule has 172 valence electrons. The maximum Gasteiger partial charge on any atom is 0.408 e. The fraction of sp³-hybridized carbons (Fsp3) is 0.625. The first-order valence-electron chi connectivity index (χ1n) is 11.1. The van der Waals surface area contributed by atoms with Gasteiger partial charge in [0.25, 0.3) is 0 Å². The summed E-state index contributed by atoms with van der Waals surface area (Å²) >= 11 is 0. The minimum atomic E-state index is -0.798. The van der Waals surface area contributed by atoms with Crippen molar-refractivity contribution in [3.8, 4) is 0 Å². The summed E-state index contributed by atoms with van der Waals surface area (Å²) in [4.78, 5) is 41.0. The second-order valence-corrected chi connectivity index (χ2v) is 9.82. The third kappa shape index (κ3) is 7.26. The highest BCUT2D eigenvalue weighted by molar-refractivity contribution is 5.92.